The number of benzene rings is 1. The van der Waals surface area contributed by atoms with Gasteiger partial charge >= 0.3 is 0 Å². The molecule has 0 bridgehead atoms. The van der Waals surface area contributed by atoms with Crippen LogP contribution in [-0.2, 0) is 0 Å². The molecule has 0 aromatic heterocycles. The second kappa shape index (κ2) is 4.69. The van der Waals surface area contributed by atoms with Gasteiger partial charge in [-0.05, 0) is 52.4 Å². The number of halogens is 1. The summed E-state index contributed by atoms with van der Waals surface area (Å²) in [5, 5.41) is 2.97. The van der Waals surface area contributed by atoms with Crippen LogP contribution in [0.2, 0.25) is 0 Å². The quantitative estimate of drug-likeness (QED) is 0.928. The maximum absolute atomic E-state index is 12.0. The van der Waals surface area contributed by atoms with Crippen molar-refractivity contribution in [2.45, 2.75) is 19.8 Å². The van der Waals surface area contributed by atoms with Gasteiger partial charge in [-0.2, -0.15) is 0 Å². The molecule has 2 rings (SSSR count). The molecule has 17 heavy (non-hydrogen) atoms. The zero-order valence-electron chi connectivity index (χ0n) is 10.0. The molecule has 1 fully saturated rings. The standard InChI is InChI=1S/C13H16BrNO2/c1-13(5-6-13)8-15-12(16)10-7-9(17-2)3-4-11(10)14/h3-4,7H,5-6,8H2,1-2H3,(H,15,16). The largest absolute Gasteiger partial charge is 0.497 e. The van der Waals surface area contributed by atoms with Gasteiger partial charge in [0.1, 0.15) is 5.75 Å². The van der Waals surface area contributed by atoms with Crippen LogP contribution < -0.4 is 10.1 Å². The van der Waals surface area contributed by atoms with Crippen LogP contribution in [0.15, 0.2) is 22.7 Å². The fourth-order valence-corrected chi connectivity index (χ4v) is 2.01. The van der Waals surface area contributed by atoms with Gasteiger partial charge in [-0.1, -0.05) is 6.92 Å². The van der Waals surface area contributed by atoms with E-state index >= 15 is 0 Å². The highest BCUT2D eigenvalue weighted by Gasteiger charge is 2.37. The van der Waals surface area contributed by atoms with Gasteiger partial charge in [-0.25, -0.2) is 0 Å². The van der Waals surface area contributed by atoms with Crippen LogP contribution in [0.3, 0.4) is 0 Å². The van der Waals surface area contributed by atoms with E-state index in [1.54, 1.807) is 13.2 Å². The Morgan fingerprint density at radius 2 is 2.24 bits per heavy atom. The minimum Gasteiger partial charge on any atom is -0.497 e. The number of rotatable bonds is 4. The normalized spacial score (nSPS) is 16.4. The van der Waals surface area contributed by atoms with Crippen LogP contribution >= 0.6 is 15.9 Å². The molecule has 0 radical (unpaired) electrons. The third kappa shape index (κ3) is 3.00. The molecular weight excluding hydrogens is 282 g/mol. The first-order chi connectivity index (χ1) is 8.04. The van der Waals surface area contributed by atoms with Gasteiger partial charge < -0.3 is 10.1 Å². The zero-order chi connectivity index (χ0) is 12.5. The molecule has 0 unspecified atom stereocenters. The van der Waals surface area contributed by atoms with Crippen molar-refractivity contribution in [3.63, 3.8) is 0 Å². The topological polar surface area (TPSA) is 38.3 Å². The predicted molar refractivity (Wildman–Crippen MR) is 70.4 cm³/mol. The van der Waals surface area contributed by atoms with E-state index in [2.05, 4.69) is 28.2 Å². The minimum atomic E-state index is -0.0519. The first-order valence-corrected chi connectivity index (χ1v) is 6.45. The van der Waals surface area contributed by atoms with Gasteiger partial charge in [0.25, 0.3) is 5.91 Å². The summed E-state index contributed by atoms with van der Waals surface area (Å²) >= 11 is 3.38. The Bertz CT molecular complexity index is 441. The van der Waals surface area contributed by atoms with Crippen molar-refractivity contribution in [1.82, 2.24) is 5.32 Å². The Morgan fingerprint density at radius 1 is 1.53 bits per heavy atom. The number of methoxy groups -OCH3 is 1. The molecule has 1 N–H and O–H groups in total. The SMILES string of the molecule is COc1ccc(Br)c(C(=O)NCC2(C)CC2)c1. The average Bonchev–Trinajstić information content (AvgIpc) is 3.06. The lowest BCUT2D eigenvalue weighted by Gasteiger charge is -2.11. The van der Waals surface area contributed by atoms with Crippen LogP contribution in [0, 0.1) is 5.41 Å². The van der Waals surface area contributed by atoms with E-state index in [4.69, 9.17) is 4.74 Å². The first-order valence-electron chi connectivity index (χ1n) is 5.66. The van der Waals surface area contributed by atoms with Crippen molar-refractivity contribution >= 4 is 21.8 Å². The Hall–Kier alpha value is -1.03. The minimum absolute atomic E-state index is 0.0519. The molecule has 1 aliphatic carbocycles. The van der Waals surface area contributed by atoms with E-state index in [9.17, 15) is 4.79 Å². The first kappa shape index (κ1) is 12.4. The van der Waals surface area contributed by atoms with E-state index in [-0.39, 0.29) is 5.91 Å². The van der Waals surface area contributed by atoms with Gasteiger partial charge in [-0.3, -0.25) is 4.79 Å². The monoisotopic (exact) mass is 297 g/mol. The molecule has 4 heteroatoms. The summed E-state index contributed by atoms with van der Waals surface area (Å²) in [6.07, 6.45) is 2.40. The van der Waals surface area contributed by atoms with Crippen molar-refractivity contribution in [2.75, 3.05) is 13.7 Å². The lowest BCUT2D eigenvalue weighted by molar-refractivity contribution is 0.0945. The summed E-state index contributed by atoms with van der Waals surface area (Å²) in [4.78, 5) is 12.0. The van der Waals surface area contributed by atoms with Crippen molar-refractivity contribution in [1.29, 1.82) is 0 Å². The molecular formula is C13H16BrNO2. The number of carbonyl (C=O) groups excluding carboxylic acids is 1. The van der Waals surface area contributed by atoms with Crippen molar-refractivity contribution in [3.8, 4) is 5.75 Å². The summed E-state index contributed by atoms with van der Waals surface area (Å²) in [6.45, 7) is 2.93. The van der Waals surface area contributed by atoms with Crippen molar-refractivity contribution in [3.05, 3.63) is 28.2 Å². The van der Waals surface area contributed by atoms with Crippen LogP contribution in [0.4, 0.5) is 0 Å². The van der Waals surface area contributed by atoms with Gasteiger partial charge in [0, 0.05) is 11.0 Å². The second-order valence-corrected chi connectivity index (χ2v) is 5.69. The summed E-state index contributed by atoms with van der Waals surface area (Å²) in [5.74, 6) is 0.639. The smallest absolute Gasteiger partial charge is 0.252 e. The number of amides is 1. The maximum Gasteiger partial charge on any atom is 0.252 e. The predicted octanol–water partition coefficient (Wildman–Crippen LogP) is 2.99. The van der Waals surface area contributed by atoms with Gasteiger partial charge in [0.2, 0.25) is 0 Å². The molecule has 3 nitrogen and oxygen atoms in total. The van der Waals surface area contributed by atoms with Crippen LogP contribution in [-0.4, -0.2) is 19.6 Å². The second-order valence-electron chi connectivity index (χ2n) is 4.84. The number of ether oxygens (including phenoxy) is 1. The Labute approximate surface area is 110 Å². The highest BCUT2D eigenvalue weighted by molar-refractivity contribution is 9.10. The lowest BCUT2D eigenvalue weighted by atomic mass is 10.1. The third-order valence-corrected chi connectivity index (χ3v) is 3.89. The third-order valence-electron chi connectivity index (χ3n) is 3.20. The van der Waals surface area contributed by atoms with Crippen LogP contribution in [0.25, 0.3) is 0 Å². The Kier molecular flexibility index (Phi) is 3.43. The molecule has 0 atom stereocenters. The Morgan fingerprint density at radius 3 is 2.82 bits per heavy atom. The Balaban J connectivity index is 2.06. The lowest BCUT2D eigenvalue weighted by Crippen LogP contribution is -2.29. The van der Waals surface area contributed by atoms with E-state index in [0.717, 1.165) is 11.0 Å². The fourth-order valence-electron chi connectivity index (χ4n) is 1.58. The van der Waals surface area contributed by atoms with Gasteiger partial charge in [-0.15, -0.1) is 0 Å². The van der Waals surface area contributed by atoms with E-state index in [0.29, 0.717) is 16.7 Å². The molecule has 0 saturated heterocycles. The van der Waals surface area contributed by atoms with Gasteiger partial charge in [0.15, 0.2) is 0 Å². The molecule has 0 aliphatic heterocycles. The van der Waals surface area contributed by atoms with Crippen LogP contribution in [0.5, 0.6) is 5.75 Å². The van der Waals surface area contributed by atoms with Crippen molar-refractivity contribution < 1.29 is 9.53 Å². The maximum atomic E-state index is 12.0. The molecule has 1 saturated carbocycles. The summed E-state index contributed by atoms with van der Waals surface area (Å²) in [7, 11) is 1.59. The number of carbonyl (C=O) groups is 1. The van der Waals surface area contributed by atoms with Crippen molar-refractivity contribution in [2.24, 2.45) is 5.41 Å². The molecule has 1 amide bonds. The summed E-state index contributed by atoms with van der Waals surface area (Å²) < 4.78 is 5.91. The van der Waals surface area contributed by atoms with E-state index in [1.165, 1.54) is 12.8 Å². The van der Waals surface area contributed by atoms with Gasteiger partial charge in [0.05, 0.1) is 12.7 Å². The number of hydrogen-bond donors (Lipinski definition) is 1. The summed E-state index contributed by atoms with van der Waals surface area (Å²) in [6, 6.07) is 5.39. The highest BCUT2D eigenvalue weighted by atomic mass is 79.9. The molecule has 92 valence electrons. The average molecular weight is 298 g/mol. The molecule has 1 aromatic rings. The summed E-state index contributed by atoms with van der Waals surface area (Å²) in [5.41, 5.74) is 0.940. The zero-order valence-corrected chi connectivity index (χ0v) is 11.6. The highest BCUT2D eigenvalue weighted by Crippen LogP contribution is 2.44. The number of hydrogen-bond acceptors (Lipinski definition) is 2. The molecule has 0 spiro atoms. The number of nitrogens with one attached hydrogen (secondary N) is 1. The van der Waals surface area contributed by atoms with E-state index in [1.807, 2.05) is 12.1 Å². The van der Waals surface area contributed by atoms with E-state index < -0.39 is 0 Å². The molecule has 0 heterocycles. The molecule has 1 aromatic carbocycles. The molecule has 1 aliphatic rings. The van der Waals surface area contributed by atoms with Crippen LogP contribution in [0.1, 0.15) is 30.1 Å². The fraction of sp³-hybridized carbons (Fsp3) is 0.462.